The third-order valence-electron chi connectivity index (χ3n) is 4.85. The molecule has 1 N–H and O–H groups in total. The molecule has 0 radical (unpaired) electrons. The predicted octanol–water partition coefficient (Wildman–Crippen LogP) is 4.80. The standard InChI is InChI=1S/C18H28ClNO/c1-4-11-20-13-18(9-7-14(2)8-10-18)16-12-15(19)5-6-17(16)21-3/h5-6,12,14,20H,4,7-11,13H2,1-3H3. The van der Waals surface area contributed by atoms with Crippen LogP contribution in [0, 0.1) is 5.92 Å². The van der Waals surface area contributed by atoms with Crippen LogP contribution >= 0.6 is 11.6 Å². The molecule has 118 valence electrons. The summed E-state index contributed by atoms with van der Waals surface area (Å²) in [5.41, 5.74) is 1.45. The van der Waals surface area contributed by atoms with Crippen molar-refractivity contribution in [2.45, 2.75) is 51.4 Å². The first-order valence-corrected chi connectivity index (χ1v) is 8.54. The zero-order chi connectivity index (χ0) is 15.3. The molecule has 1 fully saturated rings. The maximum Gasteiger partial charge on any atom is 0.122 e. The predicted molar refractivity (Wildman–Crippen MR) is 90.5 cm³/mol. The molecule has 21 heavy (non-hydrogen) atoms. The van der Waals surface area contributed by atoms with E-state index in [1.54, 1.807) is 7.11 Å². The Hall–Kier alpha value is -0.730. The third-order valence-corrected chi connectivity index (χ3v) is 5.09. The van der Waals surface area contributed by atoms with Crippen molar-refractivity contribution in [3.63, 3.8) is 0 Å². The average molecular weight is 310 g/mol. The molecule has 0 heterocycles. The van der Waals surface area contributed by atoms with Gasteiger partial charge in [0, 0.05) is 22.5 Å². The van der Waals surface area contributed by atoms with Gasteiger partial charge >= 0.3 is 0 Å². The van der Waals surface area contributed by atoms with Gasteiger partial charge in [-0.2, -0.15) is 0 Å². The van der Waals surface area contributed by atoms with Crippen LogP contribution in [0.3, 0.4) is 0 Å². The van der Waals surface area contributed by atoms with E-state index >= 15 is 0 Å². The highest BCUT2D eigenvalue weighted by Crippen LogP contribution is 2.45. The molecule has 0 aromatic heterocycles. The van der Waals surface area contributed by atoms with Crippen LogP contribution in [0.1, 0.15) is 51.5 Å². The van der Waals surface area contributed by atoms with Gasteiger partial charge in [-0.1, -0.05) is 25.4 Å². The molecule has 1 aromatic rings. The maximum atomic E-state index is 6.27. The van der Waals surface area contributed by atoms with Gasteiger partial charge in [0.15, 0.2) is 0 Å². The molecule has 0 spiro atoms. The minimum atomic E-state index is 0.165. The highest BCUT2D eigenvalue weighted by molar-refractivity contribution is 6.30. The summed E-state index contributed by atoms with van der Waals surface area (Å²) in [6, 6.07) is 6.05. The van der Waals surface area contributed by atoms with Crippen molar-refractivity contribution in [3.05, 3.63) is 28.8 Å². The lowest BCUT2D eigenvalue weighted by Crippen LogP contribution is -2.41. The van der Waals surface area contributed by atoms with E-state index in [9.17, 15) is 0 Å². The SMILES string of the molecule is CCCNCC1(c2cc(Cl)ccc2OC)CCC(C)CC1. The van der Waals surface area contributed by atoms with Gasteiger partial charge in [-0.15, -0.1) is 0 Å². The molecule has 0 aliphatic heterocycles. The maximum absolute atomic E-state index is 6.27. The van der Waals surface area contributed by atoms with E-state index in [4.69, 9.17) is 16.3 Å². The number of nitrogens with one attached hydrogen (secondary N) is 1. The van der Waals surface area contributed by atoms with E-state index in [2.05, 4.69) is 25.2 Å². The van der Waals surface area contributed by atoms with E-state index in [0.717, 1.165) is 29.8 Å². The Kier molecular flexibility index (Phi) is 5.95. The van der Waals surface area contributed by atoms with Crippen LogP contribution in [0.5, 0.6) is 5.75 Å². The Labute approximate surface area is 134 Å². The van der Waals surface area contributed by atoms with Crippen LogP contribution in [0.15, 0.2) is 18.2 Å². The van der Waals surface area contributed by atoms with Crippen LogP contribution in [0.4, 0.5) is 0 Å². The molecule has 1 aliphatic carbocycles. The summed E-state index contributed by atoms with van der Waals surface area (Å²) in [5, 5.41) is 4.44. The molecule has 0 bridgehead atoms. The molecule has 3 heteroatoms. The second-order valence-electron chi connectivity index (χ2n) is 6.48. The van der Waals surface area contributed by atoms with Crippen molar-refractivity contribution >= 4 is 11.6 Å². The molecule has 1 saturated carbocycles. The number of ether oxygens (including phenoxy) is 1. The fourth-order valence-corrected chi connectivity index (χ4v) is 3.63. The normalized spacial score (nSPS) is 25.8. The lowest BCUT2D eigenvalue weighted by atomic mass is 9.66. The molecule has 0 amide bonds. The Morgan fingerprint density at radius 2 is 2.05 bits per heavy atom. The zero-order valence-electron chi connectivity index (χ0n) is 13.5. The van der Waals surface area contributed by atoms with Gasteiger partial charge in [-0.05, 0) is 62.8 Å². The summed E-state index contributed by atoms with van der Waals surface area (Å²) in [5.74, 6) is 1.81. The monoisotopic (exact) mass is 309 g/mol. The molecule has 0 atom stereocenters. The summed E-state index contributed by atoms with van der Waals surface area (Å²) in [4.78, 5) is 0. The van der Waals surface area contributed by atoms with E-state index in [1.165, 1.54) is 37.7 Å². The van der Waals surface area contributed by atoms with E-state index in [1.807, 2.05) is 12.1 Å². The number of benzene rings is 1. The fourth-order valence-electron chi connectivity index (χ4n) is 3.46. The minimum absolute atomic E-state index is 0.165. The van der Waals surface area contributed by atoms with Crippen LogP contribution in [0.2, 0.25) is 5.02 Å². The first-order chi connectivity index (χ1) is 10.1. The lowest BCUT2D eigenvalue weighted by Gasteiger charge is -2.41. The average Bonchev–Trinajstić information content (AvgIpc) is 2.50. The smallest absolute Gasteiger partial charge is 0.122 e. The third kappa shape index (κ3) is 3.92. The van der Waals surface area contributed by atoms with Crippen molar-refractivity contribution in [2.24, 2.45) is 5.92 Å². The largest absolute Gasteiger partial charge is 0.496 e. The van der Waals surface area contributed by atoms with Gasteiger partial charge in [0.25, 0.3) is 0 Å². The van der Waals surface area contributed by atoms with Gasteiger partial charge in [-0.25, -0.2) is 0 Å². The second-order valence-corrected chi connectivity index (χ2v) is 6.92. The molecular formula is C18H28ClNO. The quantitative estimate of drug-likeness (QED) is 0.762. The van der Waals surface area contributed by atoms with Crippen molar-refractivity contribution in [1.29, 1.82) is 0 Å². The number of halogens is 1. The summed E-state index contributed by atoms with van der Waals surface area (Å²) < 4.78 is 5.63. The molecule has 1 aliphatic rings. The van der Waals surface area contributed by atoms with Crippen LogP contribution < -0.4 is 10.1 Å². The van der Waals surface area contributed by atoms with E-state index < -0.39 is 0 Å². The van der Waals surface area contributed by atoms with Crippen LogP contribution in [-0.2, 0) is 5.41 Å². The van der Waals surface area contributed by atoms with Crippen LogP contribution in [-0.4, -0.2) is 20.2 Å². The number of rotatable bonds is 6. The Balaban J connectivity index is 2.32. The minimum Gasteiger partial charge on any atom is -0.496 e. The molecule has 2 rings (SSSR count). The van der Waals surface area contributed by atoms with Gasteiger partial charge in [0.1, 0.15) is 5.75 Å². The summed E-state index contributed by atoms with van der Waals surface area (Å²) in [7, 11) is 1.76. The zero-order valence-corrected chi connectivity index (χ0v) is 14.3. The number of hydrogen-bond acceptors (Lipinski definition) is 2. The topological polar surface area (TPSA) is 21.3 Å². The first kappa shape index (κ1) is 16.6. The molecule has 2 nitrogen and oxygen atoms in total. The highest BCUT2D eigenvalue weighted by Gasteiger charge is 2.37. The van der Waals surface area contributed by atoms with Gasteiger partial charge in [-0.3, -0.25) is 0 Å². The number of hydrogen-bond donors (Lipinski definition) is 1. The first-order valence-electron chi connectivity index (χ1n) is 8.16. The summed E-state index contributed by atoms with van der Waals surface area (Å²) >= 11 is 6.27. The van der Waals surface area contributed by atoms with Crippen molar-refractivity contribution < 1.29 is 4.74 Å². The van der Waals surface area contributed by atoms with Gasteiger partial charge in [0.2, 0.25) is 0 Å². The summed E-state index contributed by atoms with van der Waals surface area (Å²) in [6.07, 6.45) is 6.15. The van der Waals surface area contributed by atoms with E-state index in [0.29, 0.717) is 0 Å². The lowest BCUT2D eigenvalue weighted by molar-refractivity contribution is 0.228. The second kappa shape index (κ2) is 7.51. The van der Waals surface area contributed by atoms with Crippen molar-refractivity contribution in [2.75, 3.05) is 20.2 Å². The number of methoxy groups -OCH3 is 1. The molecule has 1 aromatic carbocycles. The van der Waals surface area contributed by atoms with E-state index in [-0.39, 0.29) is 5.41 Å². The van der Waals surface area contributed by atoms with Crippen LogP contribution in [0.25, 0.3) is 0 Å². The Morgan fingerprint density at radius 1 is 1.33 bits per heavy atom. The molecule has 0 unspecified atom stereocenters. The summed E-state index contributed by atoms with van der Waals surface area (Å²) in [6.45, 7) is 6.66. The molecular weight excluding hydrogens is 282 g/mol. The highest BCUT2D eigenvalue weighted by atomic mass is 35.5. The van der Waals surface area contributed by atoms with Crippen molar-refractivity contribution in [1.82, 2.24) is 5.32 Å². The Morgan fingerprint density at radius 3 is 2.67 bits per heavy atom. The Bertz CT molecular complexity index is 453. The van der Waals surface area contributed by atoms with Gasteiger partial charge < -0.3 is 10.1 Å². The van der Waals surface area contributed by atoms with Gasteiger partial charge in [0.05, 0.1) is 7.11 Å². The fraction of sp³-hybridized carbons (Fsp3) is 0.667. The van der Waals surface area contributed by atoms with Crippen molar-refractivity contribution in [3.8, 4) is 5.75 Å². The molecule has 0 saturated heterocycles.